The van der Waals surface area contributed by atoms with Crippen LogP contribution in [0, 0.1) is 0 Å². The number of rotatable bonds is 2. The van der Waals surface area contributed by atoms with E-state index in [1.165, 1.54) is 39.0 Å². The molecule has 1 spiro atoms. The van der Waals surface area contributed by atoms with Gasteiger partial charge in [-0.3, -0.25) is 0 Å². The smallest absolute Gasteiger partial charge is 0.0940 e. The molecule has 0 aromatic heterocycles. The molecule has 0 amide bonds. The quantitative estimate of drug-likeness (QED) is 0.235. The van der Waals surface area contributed by atoms with Crippen molar-refractivity contribution in [2.45, 2.75) is 9.64 Å². The minimum Gasteiger partial charge on any atom is -0.109 e. The summed E-state index contributed by atoms with van der Waals surface area (Å²) < 4.78 is 0.117. The molecule has 142 valence electrons. The first kappa shape index (κ1) is 17.1. The lowest BCUT2D eigenvalue weighted by Gasteiger charge is -2.32. The predicted molar refractivity (Wildman–Crippen MR) is 130 cm³/mol. The average Bonchev–Trinajstić information content (AvgIpc) is 3.40. The first-order valence-electron chi connectivity index (χ1n) is 10.4. The molecule has 1 unspecified atom stereocenters. The maximum Gasteiger partial charge on any atom is 0.0940 e. The Morgan fingerprint density at radius 2 is 1.10 bits per heavy atom. The SMILES string of the molecule is C1=C(c2ccccc2)C2(c3ccccc3-c3ccccc32)P2S[C@@]12c1ccccc1. The minimum absolute atomic E-state index is 0.0373. The third-order valence-corrected chi connectivity index (χ3v) is 12.9. The van der Waals surface area contributed by atoms with Crippen molar-refractivity contribution in [2.24, 2.45) is 0 Å². The Morgan fingerprint density at radius 1 is 0.567 bits per heavy atom. The third kappa shape index (κ3) is 1.98. The largest absolute Gasteiger partial charge is 0.109 e. The molecule has 4 aromatic carbocycles. The van der Waals surface area contributed by atoms with E-state index < -0.39 is 0 Å². The molecule has 0 saturated carbocycles. The van der Waals surface area contributed by atoms with E-state index in [1.807, 2.05) is 0 Å². The van der Waals surface area contributed by atoms with Crippen molar-refractivity contribution in [1.82, 2.24) is 0 Å². The molecule has 0 nitrogen and oxygen atoms in total. The van der Waals surface area contributed by atoms with E-state index in [4.69, 9.17) is 0 Å². The lowest BCUT2D eigenvalue weighted by Crippen LogP contribution is -2.20. The van der Waals surface area contributed by atoms with Gasteiger partial charge in [0.1, 0.15) is 0 Å². The van der Waals surface area contributed by atoms with Crippen molar-refractivity contribution in [3.63, 3.8) is 0 Å². The highest BCUT2D eigenvalue weighted by Gasteiger charge is 2.73. The highest BCUT2D eigenvalue weighted by atomic mass is 32.8. The van der Waals surface area contributed by atoms with Gasteiger partial charge in [0.25, 0.3) is 0 Å². The van der Waals surface area contributed by atoms with Gasteiger partial charge in [0.15, 0.2) is 0 Å². The van der Waals surface area contributed by atoms with E-state index in [0.29, 0.717) is 0 Å². The molecule has 3 aliphatic rings. The molecule has 2 aliphatic heterocycles. The summed E-state index contributed by atoms with van der Waals surface area (Å²) in [5, 5.41) is -0.0373. The van der Waals surface area contributed by atoms with Crippen molar-refractivity contribution < 1.29 is 0 Å². The monoisotopic (exact) mass is 418 g/mol. The van der Waals surface area contributed by atoms with Crippen molar-refractivity contribution in [3.8, 4) is 11.1 Å². The lowest BCUT2D eigenvalue weighted by atomic mass is 9.83. The Bertz CT molecular complexity index is 1280. The zero-order valence-electron chi connectivity index (χ0n) is 16.3. The van der Waals surface area contributed by atoms with Crippen LogP contribution < -0.4 is 0 Å². The molecular weight excluding hydrogens is 399 g/mol. The van der Waals surface area contributed by atoms with E-state index in [1.54, 1.807) is 0 Å². The minimum atomic E-state index is -0.356. The van der Waals surface area contributed by atoms with Crippen LogP contribution in [0.25, 0.3) is 16.7 Å². The molecule has 1 aliphatic carbocycles. The first-order valence-corrected chi connectivity index (χ1v) is 13.2. The van der Waals surface area contributed by atoms with E-state index in [-0.39, 0.29) is 16.8 Å². The molecule has 1 saturated heterocycles. The van der Waals surface area contributed by atoms with E-state index in [9.17, 15) is 0 Å². The van der Waals surface area contributed by atoms with Crippen LogP contribution in [0.1, 0.15) is 22.3 Å². The summed E-state index contributed by atoms with van der Waals surface area (Å²) in [6.45, 7) is 0. The highest BCUT2D eigenvalue weighted by Crippen LogP contribution is 3.03. The van der Waals surface area contributed by atoms with Crippen molar-refractivity contribution >= 4 is 24.1 Å². The van der Waals surface area contributed by atoms with Crippen LogP contribution in [0.2, 0.25) is 0 Å². The Morgan fingerprint density at radius 3 is 1.73 bits per heavy atom. The number of allylic oxidation sites excluding steroid dienone is 1. The summed E-state index contributed by atoms with van der Waals surface area (Å²) >= 11 is 2.19. The van der Waals surface area contributed by atoms with Crippen LogP contribution in [0.5, 0.6) is 0 Å². The molecule has 0 radical (unpaired) electrons. The highest BCUT2D eigenvalue weighted by molar-refractivity contribution is 8.72. The van der Waals surface area contributed by atoms with Gasteiger partial charge >= 0.3 is 0 Å². The van der Waals surface area contributed by atoms with E-state index in [2.05, 4.69) is 127 Å². The topological polar surface area (TPSA) is 0 Å². The van der Waals surface area contributed by atoms with Gasteiger partial charge in [0.05, 0.1) is 9.64 Å². The van der Waals surface area contributed by atoms with Gasteiger partial charge in [-0.1, -0.05) is 115 Å². The summed E-state index contributed by atoms with van der Waals surface area (Å²) in [4.78, 5) is 0. The molecule has 0 bridgehead atoms. The van der Waals surface area contributed by atoms with Gasteiger partial charge in [0, 0.05) is 7.12 Å². The zero-order valence-corrected chi connectivity index (χ0v) is 18.0. The van der Waals surface area contributed by atoms with Gasteiger partial charge in [0.2, 0.25) is 0 Å². The van der Waals surface area contributed by atoms with Crippen molar-refractivity contribution in [2.75, 3.05) is 0 Å². The van der Waals surface area contributed by atoms with Crippen molar-refractivity contribution in [1.29, 1.82) is 0 Å². The van der Waals surface area contributed by atoms with Crippen molar-refractivity contribution in [3.05, 3.63) is 138 Å². The second kappa shape index (κ2) is 5.97. The molecule has 1 fully saturated rings. The molecule has 2 heteroatoms. The summed E-state index contributed by atoms with van der Waals surface area (Å²) in [5.74, 6) is 0. The van der Waals surface area contributed by atoms with E-state index >= 15 is 0 Å². The summed E-state index contributed by atoms with van der Waals surface area (Å²) in [6, 6.07) is 40.4. The standard InChI is InChI=1S/C28H19PS/c1-3-11-20(12-4-1)26-19-27(21-13-5-2-6-14-21)29(30-27)28(26)24-17-9-7-15-22(24)23-16-8-10-18-25(23)28/h1-19H/t27-,29?/m1/s1. The van der Waals surface area contributed by atoms with Crippen LogP contribution in [-0.2, 0) is 9.64 Å². The summed E-state index contributed by atoms with van der Waals surface area (Å²) in [5.41, 5.74) is 10.1. The number of benzene rings is 4. The van der Waals surface area contributed by atoms with Gasteiger partial charge in [-0.05, 0) is 39.0 Å². The maximum atomic E-state index is 2.62. The summed E-state index contributed by atoms with van der Waals surface area (Å²) in [6.07, 6.45) is 2.62. The Balaban J connectivity index is 1.58. The molecule has 0 N–H and O–H groups in total. The second-order valence-corrected chi connectivity index (χ2v) is 12.9. The fourth-order valence-corrected chi connectivity index (χ4v) is 12.4. The molecule has 2 atom stereocenters. The van der Waals surface area contributed by atoms with Crippen LogP contribution >= 0.6 is 18.5 Å². The average molecular weight is 419 g/mol. The Hall–Kier alpha value is -2.60. The summed E-state index contributed by atoms with van der Waals surface area (Å²) in [7, 11) is -0.356. The zero-order chi connectivity index (χ0) is 19.8. The molecular formula is C28H19PS. The van der Waals surface area contributed by atoms with Crippen LogP contribution in [0.3, 0.4) is 0 Å². The number of fused-ring (bicyclic) bond motifs is 7. The lowest BCUT2D eigenvalue weighted by molar-refractivity contribution is 1.00. The molecule has 2 heterocycles. The Kier molecular flexibility index (Phi) is 3.41. The predicted octanol–water partition coefficient (Wildman–Crippen LogP) is 8.00. The number of hydrogen-bond donors (Lipinski definition) is 0. The van der Waals surface area contributed by atoms with Crippen LogP contribution in [0.4, 0.5) is 0 Å². The Labute approximate surface area is 182 Å². The van der Waals surface area contributed by atoms with Gasteiger partial charge in [-0.15, -0.1) is 11.4 Å². The van der Waals surface area contributed by atoms with Gasteiger partial charge in [-0.2, -0.15) is 0 Å². The maximum absolute atomic E-state index is 2.62. The van der Waals surface area contributed by atoms with Crippen LogP contribution in [0.15, 0.2) is 115 Å². The van der Waals surface area contributed by atoms with Gasteiger partial charge < -0.3 is 0 Å². The molecule has 4 aromatic rings. The molecule has 7 rings (SSSR count). The normalized spacial score (nSPS) is 24.1. The fraction of sp³-hybridized carbons (Fsp3) is 0.0714. The first-order chi connectivity index (χ1) is 14.9. The fourth-order valence-electron chi connectivity index (χ4n) is 5.49. The van der Waals surface area contributed by atoms with Gasteiger partial charge in [-0.25, -0.2) is 0 Å². The second-order valence-electron chi connectivity index (χ2n) is 8.17. The van der Waals surface area contributed by atoms with E-state index in [0.717, 1.165) is 0 Å². The number of hydrogen-bond acceptors (Lipinski definition) is 1. The molecule has 30 heavy (non-hydrogen) atoms. The third-order valence-electron chi connectivity index (χ3n) is 6.73. The van der Waals surface area contributed by atoms with Crippen LogP contribution in [-0.4, -0.2) is 0 Å².